The Hall–Kier alpha value is -1.42. The van der Waals surface area contributed by atoms with Gasteiger partial charge in [0.15, 0.2) is 0 Å². The maximum atomic E-state index is 12.4. The van der Waals surface area contributed by atoms with Gasteiger partial charge in [-0.3, -0.25) is 0 Å². The van der Waals surface area contributed by atoms with Gasteiger partial charge in [0.1, 0.15) is 16.1 Å². The van der Waals surface area contributed by atoms with E-state index in [1.54, 1.807) is 0 Å². The normalized spacial score (nSPS) is 14.4. The Morgan fingerprint density at radius 1 is 0.656 bits per heavy atom. The van der Waals surface area contributed by atoms with Crippen molar-refractivity contribution in [2.75, 3.05) is 12.5 Å². The molecule has 0 aliphatic heterocycles. The van der Waals surface area contributed by atoms with E-state index in [0.717, 1.165) is 12.1 Å². The fraction of sp³-hybridized carbons (Fsp3) is 0.480. The zero-order valence-corrected chi connectivity index (χ0v) is 25.4. The van der Waals surface area contributed by atoms with Crippen LogP contribution in [0, 0.1) is 0 Å². The molecule has 0 spiro atoms. The van der Waals surface area contributed by atoms with Crippen LogP contribution in [0.3, 0.4) is 0 Å². The molecular formula is C25H46O3Si4. The summed E-state index contributed by atoms with van der Waals surface area (Å²) in [6.07, 6.45) is 0.338. The summed E-state index contributed by atoms with van der Waals surface area (Å²) in [6, 6.07) is 2.00. The van der Waals surface area contributed by atoms with Gasteiger partial charge >= 0.3 is 6.16 Å². The molecule has 7 heteroatoms. The molecule has 0 aromatic rings. The molecule has 0 N–H and O–H groups in total. The van der Waals surface area contributed by atoms with Crippen LogP contribution in [0.2, 0.25) is 49.4 Å². The molecule has 0 aliphatic carbocycles. The Kier molecular flexibility index (Phi) is 12.2. The van der Waals surface area contributed by atoms with Crippen molar-refractivity contribution in [3.05, 3.63) is 73.7 Å². The molecule has 2 atom stereocenters. The summed E-state index contributed by atoms with van der Waals surface area (Å²) in [5.74, 6) is 0. The quantitative estimate of drug-likeness (QED) is 0.159. The molecule has 0 saturated carbocycles. The van der Waals surface area contributed by atoms with E-state index in [-0.39, 0.29) is 0 Å². The lowest BCUT2D eigenvalue weighted by Gasteiger charge is -2.34. The van der Waals surface area contributed by atoms with Gasteiger partial charge in [-0.1, -0.05) is 74.2 Å². The number of carbonyl (C=O) groups is 1. The summed E-state index contributed by atoms with van der Waals surface area (Å²) < 4.78 is 11.2. The van der Waals surface area contributed by atoms with Crippen molar-refractivity contribution >= 4 is 38.5 Å². The van der Waals surface area contributed by atoms with Gasteiger partial charge in [0.25, 0.3) is 0 Å². The molecule has 0 amide bonds. The highest BCUT2D eigenvalue weighted by Gasteiger charge is 2.38. The second-order valence-corrected chi connectivity index (χ2v) is 28.7. The minimum absolute atomic E-state index is 0.441. The van der Waals surface area contributed by atoms with Crippen molar-refractivity contribution in [3.63, 3.8) is 0 Å². The Bertz CT molecular complexity index is 610. The first kappa shape index (κ1) is 30.6. The Labute approximate surface area is 201 Å². The summed E-state index contributed by atoms with van der Waals surface area (Å²) in [5, 5.41) is 0. The largest absolute Gasteiger partial charge is 0.507 e. The van der Waals surface area contributed by atoms with Gasteiger partial charge in [-0.15, -0.1) is 39.5 Å². The smallest absolute Gasteiger partial charge is 0.438 e. The second kappa shape index (κ2) is 12.7. The van der Waals surface area contributed by atoms with E-state index >= 15 is 0 Å². The van der Waals surface area contributed by atoms with Crippen LogP contribution >= 0.6 is 0 Å². The molecule has 0 fully saturated rings. The van der Waals surface area contributed by atoms with E-state index in [1.165, 1.54) is 0 Å². The van der Waals surface area contributed by atoms with E-state index in [9.17, 15) is 4.79 Å². The van der Waals surface area contributed by atoms with E-state index in [2.05, 4.69) is 79.5 Å². The van der Waals surface area contributed by atoms with Gasteiger partial charge in [0, 0.05) is 0 Å². The summed E-state index contributed by atoms with van der Waals surface area (Å²) in [6.45, 7) is 37.5. The van der Waals surface area contributed by atoms with E-state index in [0.29, 0.717) is 23.5 Å². The summed E-state index contributed by atoms with van der Waals surface area (Å²) in [5.41, 5.74) is 13.0. The van der Waals surface area contributed by atoms with E-state index < -0.39 is 38.5 Å². The predicted octanol–water partition coefficient (Wildman–Crippen LogP) is 7.66. The van der Waals surface area contributed by atoms with Crippen LogP contribution < -0.4 is 0 Å². The molecule has 0 rings (SSSR count). The number of carbonyl (C=O) groups excluding carboxylic acids is 1. The number of ether oxygens (including phenoxy) is 2. The molecule has 0 aromatic carbocycles. The average molecular weight is 507 g/mol. The summed E-state index contributed by atoms with van der Waals surface area (Å²) in [4.78, 5) is 12.4. The molecule has 0 heterocycles. The standard InChI is InChI=1S/C25H46O3Si4/c1-13-31(14-2,15-3)19-23(7)29(9,10)21-27-25(26)28-22-30(11,12)24(8)20-32(16-4,17-5)18-6/h13-18,23-24H,1-6,19-22H2,7-12H3. The second-order valence-electron chi connectivity index (χ2n) is 10.5. The molecular weight excluding hydrogens is 461 g/mol. The topological polar surface area (TPSA) is 35.5 Å². The molecule has 32 heavy (non-hydrogen) atoms. The van der Waals surface area contributed by atoms with Crippen molar-refractivity contribution in [2.45, 2.75) is 63.2 Å². The Morgan fingerprint density at radius 2 is 0.906 bits per heavy atom. The maximum absolute atomic E-state index is 12.4. The highest BCUT2D eigenvalue weighted by atomic mass is 28.3. The number of hydrogen-bond acceptors (Lipinski definition) is 3. The van der Waals surface area contributed by atoms with Crippen LogP contribution in [0.1, 0.15) is 13.8 Å². The van der Waals surface area contributed by atoms with Gasteiger partial charge in [-0.25, -0.2) is 4.79 Å². The van der Waals surface area contributed by atoms with Gasteiger partial charge < -0.3 is 9.47 Å². The molecule has 0 aromatic heterocycles. The third kappa shape index (κ3) is 8.50. The lowest BCUT2D eigenvalue weighted by Crippen LogP contribution is -2.44. The van der Waals surface area contributed by atoms with Crippen LogP contribution in [0.25, 0.3) is 0 Å². The van der Waals surface area contributed by atoms with Crippen molar-refractivity contribution in [1.82, 2.24) is 0 Å². The first-order valence-corrected chi connectivity index (χ1v) is 22.8. The summed E-state index contributed by atoms with van der Waals surface area (Å²) in [7, 11) is -7.41. The highest BCUT2D eigenvalue weighted by Crippen LogP contribution is 2.34. The molecule has 0 aliphatic rings. The molecule has 0 saturated heterocycles. The van der Waals surface area contributed by atoms with Crippen LogP contribution in [0.15, 0.2) is 73.7 Å². The van der Waals surface area contributed by atoms with Crippen LogP contribution in [-0.2, 0) is 9.47 Å². The van der Waals surface area contributed by atoms with Gasteiger partial charge in [0.05, 0.1) is 28.6 Å². The monoisotopic (exact) mass is 506 g/mol. The molecule has 0 radical (unpaired) electrons. The molecule has 3 nitrogen and oxygen atoms in total. The van der Waals surface area contributed by atoms with Gasteiger partial charge in [0.2, 0.25) is 0 Å². The van der Waals surface area contributed by atoms with E-state index in [4.69, 9.17) is 9.47 Å². The highest BCUT2D eigenvalue weighted by molar-refractivity contribution is 6.95. The van der Waals surface area contributed by atoms with E-state index in [1.807, 2.05) is 34.2 Å². The van der Waals surface area contributed by atoms with Crippen LogP contribution in [0.5, 0.6) is 0 Å². The Balaban J connectivity index is 4.91. The molecule has 0 bridgehead atoms. The fourth-order valence-corrected chi connectivity index (χ4v) is 15.6. The van der Waals surface area contributed by atoms with Gasteiger partial charge in [-0.2, -0.15) is 0 Å². The van der Waals surface area contributed by atoms with Crippen LogP contribution in [-0.4, -0.2) is 50.9 Å². The van der Waals surface area contributed by atoms with Crippen molar-refractivity contribution < 1.29 is 14.3 Å². The van der Waals surface area contributed by atoms with Crippen LogP contribution in [0.4, 0.5) is 4.79 Å². The lowest BCUT2D eigenvalue weighted by molar-refractivity contribution is 0.0773. The van der Waals surface area contributed by atoms with Gasteiger partial charge in [-0.05, 0) is 23.2 Å². The minimum atomic E-state index is -1.89. The SMILES string of the molecule is C=C[Si](C=C)(C=C)CC(C)[Si](C)(C)COC(=O)OC[Si](C)(C)C(C)C[Si](C=C)(C=C)C=C. The maximum Gasteiger partial charge on any atom is 0.507 e. The van der Waals surface area contributed by atoms with Crippen molar-refractivity contribution in [2.24, 2.45) is 0 Å². The first-order chi connectivity index (χ1) is 14.7. The zero-order chi connectivity index (χ0) is 25.2. The number of hydrogen-bond donors (Lipinski definition) is 0. The summed E-state index contributed by atoms with van der Waals surface area (Å²) >= 11 is 0. The third-order valence-corrected chi connectivity index (χ3v) is 22.9. The fourth-order valence-electron chi connectivity index (χ4n) is 3.43. The lowest BCUT2D eigenvalue weighted by atomic mass is 10.5. The molecule has 180 valence electrons. The molecule has 2 unspecified atom stereocenters. The first-order valence-electron chi connectivity index (χ1n) is 11.3. The average Bonchev–Trinajstić information content (AvgIpc) is 2.78. The zero-order valence-electron chi connectivity index (χ0n) is 21.4. The van der Waals surface area contributed by atoms with Crippen molar-refractivity contribution in [3.8, 4) is 0 Å². The van der Waals surface area contributed by atoms with Crippen molar-refractivity contribution in [1.29, 1.82) is 0 Å². The Morgan fingerprint density at radius 3 is 1.12 bits per heavy atom. The predicted molar refractivity (Wildman–Crippen MR) is 153 cm³/mol. The minimum Gasteiger partial charge on any atom is -0.438 e. The number of rotatable bonds is 16. The third-order valence-electron chi connectivity index (χ3n) is 7.39.